The van der Waals surface area contributed by atoms with E-state index in [1.807, 2.05) is 11.8 Å². The Morgan fingerprint density at radius 2 is 2.05 bits per heavy atom. The smallest absolute Gasteiger partial charge is 0.191 e. The molecule has 0 amide bonds. The van der Waals surface area contributed by atoms with E-state index in [9.17, 15) is 0 Å². The summed E-state index contributed by atoms with van der Waals surface area (Å²) in [7, 11) is 0. The lowest BCUT2D eigenvalue weighted by Gasteiger charge is -2.08. The highest BCUT2D eigenvalue weighted by molar-refractivity contribution is 7.99. The average Bonchev–Trinajstić information content (AvgIpc) is 3.32. The van der Waals surface area contributed by atoms with Crippen LogP contribution in [0.15, 0.2) is 5.16 Å². The first-order valence-electron chi connectivity index (χ1n) is 7.68. The van der Waals surface area contributed by atoms with Crippen LogP contribution >= 0.6 is 11.8 Å². The fourth-order valence-electron chi connectivity index (χ4n) is 2.37. The highest BCUT2D eigenvalue weighted by atomic mass is 32.2. The molecule has 0 saturated heterocycles. The van der Waals surface area contributed by atoms with Crippen molar-refractivity contribution < 1.29 is 0 Å². The van der Waals surface area contributed by atoms with Gasteiger partial charge in [-0.25, -0.2) is 0 Å². The molecular weight excluding hydrogens is 256 g/mol. The van der Waals surface area contributed by atoms with Gasteiger partial charge in [-0.3, -0.25) is 0 Å². The molecule has 19 heavy (non-hydrogen) atoms. The molecule has 0 aliphatic heterocycles. The number of hydrogen-bond acceptors (Lipinski definition) is 4. The first-order chi connectivity index (χ1) is 9.40. The predicted octanol–water partition coefficient (Wildman–Crippen LogP) is 2.97. The second kappa shape index (κ2) is 6.27. The Balaban J connectivity index is 1.50. The van der Waals surface area contributed by atoms with E-state index in [2.05, 4.69) is 27.0 Å². The number of aromatic nitrogens is 3. The highest BCUT2D eigenvalue weighted by Gasteiger charge is 2.36. The average molecular weight is 280 g/mol. The second-order valence-corrected chi connectivity index (χ2v) is 6.69. The van der Waals surface area contributed by atoms with Crippen LogP contribution in [0.2, 0.25) is 0 Å². The minimum atomic E-state index is 0.717. The van der Waals surface area contributed by atoms with Gasteiger partial charge in [-0.05, 0) is 51.6 Å². The summed E-state index contributed by atoms with van der Waals surface area (Å²) in [5.41, 5.74) is 0. The zero-order valence-corrected chi connectivity index (χ0v) is 12.6. The maximum atomic E-state index is 4.45. The van der Waals surface area contributed by atoms with Gasteiger partial charge in [0, 0.05) is 17.7 Å². The van der Waals surface area contributed by atoms with Crippen LogP contribution in [-0.4, -0.2) is 33.6 Å². The van der Waals surface area contributed by atoms with Gasteiger partial charge in [0.1, 0.15) is 5.82 Å². The molecule has 106 valence electrons. The van der Waals surface area contributed by atoms with Crippen LogP contribution in [0.4, 0.5) is 0 Å². The summed E-state index contributed by atoms with van der Waals surface area (Å²) in [5, 5.41) is 13.4. The number of rotatable bonds is 9. The minimum Gasteiger partial charge on any atom is -0.317 e. The van der Waals surface area contributed by atoms with Crippen molar-refractivity contribution >= 4 is 11.8 Å². The molecule has 2 saturated carbocycles. The summed E-state index contributed by atoms with van der Waals surface area (Å²) < 4.78 is 2.45. The van der Waals surface area contributed by atoms with E-state index in [-0.39, 0.29) is 0 Å². The molecule has 4 nitrogen and oxygen atoms in total. The van der Waals surface area contributed by atoms with Crippen molar-refractivity contribution in [3.8, 4) is 0 Å². The third kappa shape index (κ3) is 3.51. The van der Waals surface area contributed by atoms with Gasteiger partial charge in [-0.1, -0.05) is 18.7 Å². The summed E-state index contributed by atoms with van der Waals surface area (Å²) in [5.74, 6) is 3.16. The fourth-order valence-corrected chi connectivity index (χ4v) is 3.39. The van der Waals surface area contributed by atoms with Crippen LogP contribution < -0.4 is 5.32 Å². The third-order valence-electron chi connectivity index (χ3n) is 3.77. The molecule has 2 fully saturated rings. The standard InChI is InChI=1S/C14H24N4S/c1-2-15-9-3-4-10-19-14-17-16-13(11-5-6-11)18(14)12-7-8-12/h11-12,15H,2-10H2,1H3. The van der Waals surface area contributed by atoms with E-state index in [1.54, 1.807) is 0 Å². The molecule has 0 atom stereocenters. The zero-order valence-electron chi connectivity index (χ0n) is 11.8. The van der Waals surface area contributed by atoms with Crippen molar-refractivity contribution in [1.82, 2.24) is 20.1 Å². The van der Waals surface area contributed by atoms with Crippen molar-refractivity contribution in [1.29, 1.82) is 0 Å². The van der Waals surface area contributed by atoms with E-state index in [4.69, 9.17) is 0 Å². The van der Waals surface area contributed by atoms with Gasteiger partial charge in [-0.15, -0.1) is 10.2 Å². The Morgan fingerprint density at radius 3 is 2.74 bits per heavy atom. The lowest BCUT2D eigenvalue weighted by molar-refractivity contribution is 0.625. The molecule has 0 bridgehead atoms. The first kappa shape index (κ1) is 13.4. The number of thioether (sulfide) groups is 1. The van der Waals surface area contributed by atoms with E-state index in [1.165, 1.54) is 55.3 Å². The van der Waals surface area contributed by atoms with Crippen LogP contribution in [0.25, 0.3) is 0 Å². The Hall–Kier alpha value is -0.550. The van der Waals surface area contributed by atoms with Crippen LogP contribution in [0.3, 0.4) is 0 Å². The second-order valence-electron chi connectivity index (χ2n) is 5.63. The Bertz CT molecular complexity index is 410. The summed E-state index contributed by atoms with van der Waals surface area (Å²) in [6.07, 6.45) is 7.80. The number of hydrogen-bond donors (Lipinski definition) is 1. The number of nitrogens with zero attached hydrogens (tertiary/aromatic N) is 3. The largest absolute Gasteiger partial charge is 0.317 e. The molecule has 0 radical (unpaired) electrons. The van der Waals surface area contributed by atoms with E-state index < -0.39 is 0 Å². The molecule has 1 aromatic heterocycles. The summed E-state index contributed by atoms with van der Waals surface area (Å²) in [4.78, 5) is 0. The molecule has 2 aliphatic carbocycles. The lowest BCUT2D eigenvalue weighted by atomic mass is 10.3. The summed E-state index contributed by atoms with van der Waals surface area (Å²) in [6, 6.07) is 0.717. The van der Waals surface area contributed by atoms with Gasteiger partial charge in [0.25, 0.3) is 0 Å². The Morgan fingerprint density at radius 1 is 1.21 bits per heavy atom. The van der Waals surface area contributed by atoms with Gasteiger partial charge in [0.05, 0.1) is 0 Å². The maximum absolute atomic E-state index is 4.45. The molecule has 2 aliphatic rings. The van der Waals surface area contributed by atoms with Crippen molar-refractivity contribution in [3.05, 3.63) is 5.82 Å². The molecule has 5 heteroatoms. The molecule has 0 aromatic carbocycles. The maximum Gasteiger partial charge on any atom is 0.191 e. The van der Waals surface area contributed by atoms with Gasteiger partial charge in [0.2, 0.25) is 0 Å². The minimum absolute atomic E-state index is 0.717. The van der Waals surface area contributed by atoms with Crippen LogP contribution in [0.1, 0.15) is 63.2 Å². The monoisotopic (exact) mass is 280 g/mol. The van der Waals surface area contributed by atoms with E-state index in [0.717, 1.165) is 25.0 Å². The number of nitrogens with one attached hydrogen (secondary N) is 1. The predicted molar refractivity (Wildman–Crippen MR) is 78.8 cm³/mol. The van der Waals surface area contributed by atoms with Crippen molar-refractivity contribution in [2.75, 3.05) is 18.8 Å². The quantitative estimate of drug-likeness (QED) is 0.558. The third-order valence-corrected chi connectivity index (χ3v) is 4.80. The van der Waals surface area contributed by atoms with Gasteiger partial charge in [0.15, 0.2) is 5.16 Å². The topological polar surface area (TPSA) is 42.7 Å². The molecule has 3 rings (SSSR count). The van der Waals surface area contributed by atoms with Crippen LogP contribution in [0, 0.1) is 0 Å². The van der Waals surface area contributed by atoms with Gasteiger partial charge >= 0.3 is 0 Å². The summed E-state index contributed by atoms with van der Waals surface area (Å²) in [6.45, 7) is 4.37. The number of unbranched alkanes of at least 4 members (excludes halogenated alkanes) is 1. The molecule has 1 N–H and O–H groups in total. The normalized spacial score (nSPS) is 19.0. The van der Waals surface area contributed by atoms with Crippen LogP contribution in [0.5, 0.6) is 0 Å². The SMILES string of the molecule is CCNCCCCSc1nnc(C2CC2)n1C1CC1. The van der Waals surface area contributed by atoms with E-state index >= 15 is 0 Å². The fraction of sp³-hybridized carbons (Fsp3) is 0.857. The molecule has 0 unspecified atom stereocenters. The molecule has 1 heterocycles. The summed E-state index contributed by atoms with van der Waals surface area (Å²) >= 11 is 1.90. The van der Waals surface area contributed by atoms with Crippen molar-refractivity contribution in [3.63, 3.8) is 0 Å². The highest BCUT2D eigenvalue weighted by Crippen LogP contribution is 2.45. The Labute approximate surface area is 119 Å². The lowest BCUT2D eigenvalue weighted by Crippen LogP contribution is -2.13. The van der Waals surface area contributed by atoms with Crippen molar-refractivity contribution in [2.45, 2.75) is 62.6 Å². The van der Waals surface area contributed by atoms with Gasteiger partial charge in [-0.2, -0.15) is 0 Å². The molecule has 0 spiro atoms. The van der Waals surface area contributed by atoms with Crippen LogP contribution in [-0.2, 0) is 0 Å². The molecular formula is C14H24N4S. The molecule has 1 aromatic rings. The Kier molecular flexibility index (Phi) is 4.43. The van der Waals surface area contributed by atoms with E-state index in [0.29, 0.717) is 0 Å². The van der Waals surface area contributed by atoms with Crippen molar-refractivity contribution in [2.24, 2.45) is 0 Å². The zero-order chi connectivity index (χ0) is 13.1. The van der Waals surface area contributed by atoms with Gasteiger partial charge < -0.3 is 9.88 Å². The first-order valence-corrected chi connectivity index (χ1v) is 8.67.